The Morgan fingerprint density at radius 2 is 1.75 bits per heavy atom. The maximum absolute atomic E-state index is 12.5. The molecule has 0 saturated carbocycles. The van der Waals surface area contributed by atoms with E-state index in [1.54, 1.807) is 26.0 Å². The molecule has 1 heterocycles. The number of rotatable bonds is 6. The first-order valence-corrected chi connectivity index (χ1v) is 9.07. The van der Waals surface area contributed by atoms with Crippen molar-refractivity contribution in [2.75, 3.05) is 6.54 Å². The lowest BCUT2D eigenvalue weighted by atomic mass is 9.86. The molecule has 4 amide bonds. The number of nitrogens with zero attached hydrogens (tertiary/aromatic N) is 1. The van der Waals surface area contributed by atoms with Crippen LogP contribution in [-0.4, -0.2) is 45.9 Å². The highest BCUT2D eigenvalue weighted by atomic mass is 16.4. The molecule has 1 saturated heterocycles. The maximum Gasteiger partial charge on any atom is 0.325 e. The van der Waals surface area contributed by atoms with Gasteiger partial charge < -0.3 is 15.3 Å². The third kappa shape index (κ3) is 4.68. The minimum absolute atomic E-state index is 0.0503. The van der Waals surface area contributed by atoms with E-state index in [4.69, 9.17) is 0 Å². The quantitative estimate of drug-likeness (QED) is 0.643. The molecule has 152 valence electrons. The molecular weight excluding hydrogens is 362 g/mol. The molecule has 1 fully saturated rings. The van der Waals surface area contributed by atoms with Crippen LogP contribution in [0.15, 0.2) is 24.3 Å². The maximum atomic E-state index is 12.5. The Morgan fingerprint density at radius 1 is 1.18 bits per heavy atom. The second-order valence-corrected chi connectivity index (χ2v) is 8.49. The Hall–Kier alpha value is -2.90. The average Bonchev–Trinajstić information content (AvgIpc) is 2.75. The molecule has 0 spiro atoms. The van der Waals surface area contributed by atoms with Gasteiger partial charge in [-0.2, -0.15) is 0 Å². The van der Waals surface area contributed by atoms with Crippen molar-refractivity contribution in [3.8, 4) is 0 Å². The summed E-state index contributed by atoms with van der Waals surface area (Å²) in [4.78, 5) is 48.6. The van der Waals surface area contributed by atoms with Crippen LogP contribution in [0.3, 0.4) is 0 Å². The normalized spacial score (nSPS) is 17.2. The van der Waals surface area contributed by atoms with E-state index in [2.05, 4.69) is 31.4 Å². The van der Waals surface area contributed by atoms with Gasteiger partial charge in [-0.15, -0.1) is 0 Å². The first-order valence-electron chi connectivity index (χ1n) is 9.07. The lowest BCUT2D eigenvalue weighted by Crippen LogP contribution is -2.49. The summed E-state index contributed by atoms with van der Waals surface area (Å²) in [5.74, 6) is -2.08. The Morgan fingerprint density at radius 3 is 2.18 bits per heavy atom. The monoisotopic (exact) mass is 389 g/mol. The predicted octanol–water partition coefficient (Wildman–Crippen LogP) is 1.95. The van der Waals surface area contributed by atoms with E-state index < -0.39 is 35.4 Å². The smallest absolute Gasteiger partial charge is 0.325 e. The van der Waals surface area contributed by atoms with Gasteiger partial charge in [0.2, 0.25) is 5.91 Å². The number of hydrogen-bond donors (Lipinski definition) is 3. The number of hydrogen-bond acceptors (Lipinski definition) is 4. The second kappa shape index (κ2) is 7.61. The van der Waals surface area contributed by atoms with Gasteiger partial charge in [-0.05, 0) is 30.4 Å². The summed E-state index contributed by atoms with van der Waals surface area (Å²) >= 11 is 0. The van der Waals surface area contributed by atoms with Crippen LogP contribution in [0, 0.1) is 0 Å². The minimum atomic E-state index is -1.15. The van der Waals surface area contributed by atoms with Crippen molar-refractivity contribution >= 4 is 23.8 Å². The number of benzene rings is 1. The molecule has 1 unspecified atom stereocenters. The Kier molecular flexibility index (Phi) is 5.82. The van der Waals surface area contributed by atoms with Gasteiger partial charge in [0.15, 0.2) is 0 Å². The summed E-state index contributed by atoms with van der Waals surface area (Å²) in [6, 6.07) is 6.02. The zero-order chi connectivity index (χ0) is 21.3. The first kappa shape index (κ1) is 21.4. The third-order valence-corrected chi connectivity index (χ3v) is 4.89. The summed E-state index contributed by atoms with van der Waals surface area (Å²) in [7, 11) is 0. The fraction of sp³-hybridized carbons (Fsp3) is 0.500. The van der Waals surface area contributed by atoms with E-state index in [-0.39, 0.29) is 18.4 Å². The van der Waals surface area contributed by atoms with Crippen LogP contribution in [-0.2, 0) is 19.8 Å². The molecule has 0 bridgehead atoms. The molecule has 8 heteroatoms. The summed E-state index contributed by atoms with van der Waals surface area (Å²) in [5.41, 5.74) is 0.548. The zero-order valence-electron chi connectivity index (χ0n) is 16.8. The van der Waals surface area contributed by atoms with Crippen LogP contribution in [0.2, 0.25) is 0 Å². The van der Waals surface area contributed by atoms with E-state index in [0.717, 1.165) is 10.5 Å². The van der Waals surface area contributed by atoms with Crippen molar-refractivity contribution in [1.82, 2.24) is 15.5 Å². The van der Waals surface area contributed by atoms with Crippen molar-refractivity contribution in [3.05, 3.63) is 35.4 Å². The predicted molar refractivity (Wildman–Crippen MR) is 103 cm³/mol. The van der Waals surface area contributed by atoms with Gasteiger partial charge in [-0.25, -0.2) is 4.79 Å². The van der Waals surface area contributed by atoms with Crippen LogP contribution < -0.4 is 10.6 Å². The molecule has 1 atom stereocenters. The van der Waals surface area contributed by atoms with E-state index in [0.29, 0.717) is 5.56 Å². The molecular formula is C20H27N3O5. The van der Waals surface area contributed by atoms with Crippen LogP contribution in [0.5, 0.6) is 0 Å². The Bertz CT molecular complexity index is 793. The highest BCUT2D eigenvalue weighted by Crippen LogP contribution is 2.25. The largest absolute Gasteiger partial charge is 0.481 e. The number of carboxylic acid groups (broad SMARTS) is 1. The second-order valence-electron chi connectivity index (χ2n) is 8.49. The van der Waals surface area contributed by atoms with Gasteiger partial charge in [0.05, 0.1) is 12.5 Å². The van der Waals surface area contributed by atoms with Gasteiger partial charge >= 0.3 is 12.0 Å². The number of aliphatic carboxylic acids is 1. The van der Waals surface area contributed by atoms with Gasteiger partial charge in [0.25, 0.3) is 5.91 Å². The van der Waals surface area contributed by atoms with Gasteiger partial charge in [-0.3, -0.25) is 19.7 Å². The number of carboxylic acids is 1. The van der Waals surface area contributed by atoms with Crippen molar-refractivity contribution in [1.29, 1.82) is 0 Å². The number of nitrogens with one attached hydrogen (secondary N) is 2. The fourth-order valence-electron chi connectivity index (χ4n) is 2.99. The molecule has 1 aliphatic rings. The van der Waals surface area contributed by atoms with Crippen LogP contribution in [0.25, 0.3) is 0 Å². The van der Waals surface area contributed by atoms with E-state index in [1.807, 2.05) is 12.1 Å². The number of urea groups is 1. The van der Waals surface area contributed by atoms with Crippen molar-refractivity contribution < 1.29 is 24.3 Å². The zero-order valence-corrected chi connectivity index (χ0v) is 16.8. The molecule has 28 heavy (non-hydrogen) atoms. The SMILES string of the molecule is CC(C)(C)c1ccc(C(CC(=O)O)NC(=O)CN2C(=O)NC(=O)C2(C)C)cc1. The van der Waals surface area contributed by atoms with Crippen LogP contribution in [0.1, 0.15) is 58.2 Å². The molecule has 1 aromatic carbocycles. The molecule has 1 aliphatic heterocycles. The summed E-state index contributed by atoms with van der Waals surface area (Å²) in [5, 5.41) is 14.1. The van der Waals surface area contributed by atoms with Crippen molar-refractivity contribution in [2.24, 2.45) is 0 Å². The average molecular weight is 389 g/mol. The van der Waals surface area contributed by atoms with E-state index in [9.17, 15) is 24.3 Å². The van der Waals surface area contributed by atoms with Crippen LogP contribution >= 0.6 is 0 Å². The summed E-state index contributed by atoms with van der Waals surface area (Å²) < 4.78 is 0. The lowest BCUT2D eigenvalue weighted by Gasteiger charge is -2.28. The number of carbonyl (C=O) groups excluding carboxylic acids is 3. The van der Waals surface area contributed by atoms with Crippen LogP contribution in [0.4, 0.5) is 4.79 Å². The molecule has 0 aromatic heterocycles. The number of amides is 4. The molecule has 2 rings (SSSR count). The van der Waals surface area contributed by atoms with Crippen molar-refractivity contribution in [3.63, 3.8) is 0 Å². The Balaban J connectivity index is 2.16. The highest BCUT2D eigenvalue weighted by Gasteiger charge is 2.46. The third-order valence-electron chi connectivity index (χ3n) is 4.89. The number of carbonyl (C=O) groups is 4. The lowest BCUT2D eigenvalue weighted by molar-refractivity contribution is -0.137. The van der Waals surface area contributed by atoms with E-state index >= 15 is 0 Å². The number of imide groups is 1. The first-order chi connectivity index (χ1) is 12.8. The molecule has 3 N–H and O–H groups in total. The van der Waals surface area contributed by atoms with Gasteiger partial charge in [0, 0.05) is 0 Å². The van der Waals surface area contributed by atoms with Gasteiger partial charge in [0.1, 0.15) is 12.1 Å². The molecule has 8 nitrogen and oxygen atoms in total. The fourth-order valence-corrected chi connectivity index (χ4v) is 2.99. The standard InChI is InChI=1S/C20H27N3O5/c1-19(2,3)13-8-6-12(7-9-13)14(10-16(25)26)21-15(24)11-23-18(28)22-17(27)20(23,4)5/h6-9,14H,10-11H2,1-5H3,(H,21,24)(H,25,26)(H,22,27,28). The summed E-state index contributed by atoms with van der Waals surface area (Å²) in [6.45, 7) is 8.95. The van der Waals surface area contributed by atoms with Gasteiger partial charge in [-0.1, -0.05) is 45.0 Å². The molecule has 0 radical (unpaired) electrons. The van der Waals surface area contributed by atoms with E-state index in [1.165, 1.54) is 0 Å². The topological polar surface area (TPSA) is 116 Å². The minimum Gasteiger partial charge on any atom is -0.481 e. The summed E-state index contributed by atoms with van der Waals surface area (Å²) in [6.07, 6.45) is -0.297. The van der Waals surface area contributed by atoms with Crippen molar-refractivity contribution in [2.45, 2.75) is 58.0 Å². The molecule has 1 aromatic rings. The molecule has 0 aliphatic carbocycles. The Labute approximate surface area is 164 Å². The highest BCUT2D eigenvalue weighted by molar-refractivity contribution is 6.07.